The fourth-order valence-electron chi connectivity index (χ4n) is 1.48. The van der Waals surface area contributed by atoms with Crippen molar-refractivity contribution in [3.05, 3.63) is 53.1 Å². The lowest BCUT2D eigenvalue weighted by atomic mass is 10.4. The van der Waals surface area contributed by atoms with Gasteiger partial charge in [0.1, 0.15) is 6.61 Å². The molecule has 0 bridgehead atoms. The van der Waals surface area contributed by atoms with E-state index in [4.69, 9.17) is 4.74 Å². The number of fused-ring (bicyclic) bond motifs is 1. The first kappa shape index (κ1) is 10.4. The van der Waals surface area contributed by atoms with Crippen molar-refractivity contribution in [2.24, 2.45) is 0 Å². The van der Waals surface area contributed by atoms with Gasteiger partial charge in [-0.2, -0.15) is 0 Å². The lowest BCUT2D eigenvalue weighted by Gasteiger charge is -2.07. The molecule has 2 aromatic rings. The van der Waals surface area contributed by atoms with Gasteiger partial charge in [0.05, 0.1) is 0 Å². The van der Waals surface area contributed by atoms with Crippen LogP contribution in [-0.2, 0) is 0 Å². The Kier molecular flexibility index (Phi) is 2.72. The summed E-state index contributed by atoms with van der Waals surface area (Å²) in [6, 6.07) is 5.03. The molecule has 0 aliphatic heterocycles. The largest absolute Gasteiger partial charge is 0.486 e. The standard InChI is InChI=1S/C12H12N2O2/c1-3-7-16-10-5-4-6-14-11(15)8-9(2)13-12(10)14/h3-6,8H,1,7H2,2H3. The highest BCUT2D eigenvalue weighted by molar-refractivity contribution is 5.53. The first-order valence-corrected chi connectivity index (χ1v) is 4.95. The molecule has 2 heterocycles. The van der Waals surface area contributed by atoms with E-state index in [9.17, 15) is 4.79 Å². The van der Waals surface area contributed by atoms with Crippen molar-refractivity contribution >= 4 is 5.65 Å². The Morgan fingerprint density at radius 2 is 2.44 bits per heavy atom. The van der Waals surface area contributed by atoms with Gasteiger partial charge < -0.3 is 4.74 Å². The van der Waals surface area contributed by atoms with Gasteiger partial charge in [0.25, 0.3) is 5.56 Å². The molecule has 82 valence electrons. The normalized spacial score (nSPS) is 10.3. The second-order valence-corrected chi connectivity index (χ2v) is 3.40. The Labute approximate surface area is 92.8 Å². The highest BCUT2D eigenvalue weighted by atomic mass is 16.5. The Hall–Kier alpha value is -2.10. The van der Waals surface area contributed by atoms with Crippen LogP contribution in [0.25, 0.3) is 5.65 Å². The molecular formula is C12H12N2O2. The van der Waals surface area contributed by atoms with Gasteiger partial charge in [-0.15, -0.1) is 0 Å². The van der Waals surface area contributed by atoms with Crippen LogP contribution in [0.4, 0.5) is 0 Å². The van der Waals surface area contributed by atoms with Gasteiger partial charge >= 0.3 is 0 Å². The molecule has 0 aliphatic rings. The summed E-state index contributed by atoms with van der Waals surface area (Å²) in [5.41, 5.74) is 1.11. The summed E-state index contributed by atoms with van der Waals surface area (Å²) in [7, 11) is 0. The summed E-state index contributed by atoms with van der Waals surface area (Å²) in [6.07, 6.45) is 3.32. The van der Waals surface area contributed by atoms with Crippen LogP contribution in [-0.4, -0.2) is 16.0 Å². The van der Waals surface area contributed by atoms with E-state index in [1.54, 1.807) is 31.3 Å². The second kappa shape index (κ2) is 4.18. The number of aromatic nitrogens is 2. The van der Waals surface area contributed by atoms with Crippen molar-refractivity contribution < 1.29 is 4.74 Å². The van der Waals surface area contributed by atoms with Crippen LogP contribution in [0.5, 0.6) is 5.75 Å². The number of ether oxygens (including phenoxy) is 1. The van der Waals surface area contributed by atoms with Crippen molar-refractivity contribution in [3.63, 3.8) is 0 Å². The lowest BCUT2D eigenvalue weighted by Crippen LogP contribution is -2.15. The molecule has 4 nitrogen and oxygen atoms in total. The van der Waals surface area contributed by atoms with Crippen LogP contribution in [0.2, 0.25) is 0 Å². The van der Waals surface area contributed by atoms with Crippen LogP contribution in [0.15, 0.2) is 41.8 Å². The number of hydrogen-bond acceptors (Lipinski definition) is 3. The molecule has 0 fully saturated rings. The van der Waals surface area contributed by atoms with Crippen molar-refractivity contribution in [1.29, 1.82) is 0 Å². The van der Waals surface area contributed by atoms with E-state index >= 15 is 0 Å². The van der Waals surface area contributed by atoms with Gasteiger partial charge in [-0.3, -0.25) is 9.20 Å². The van der Waals surface area contributed by atoms with Gasteiger partial charge in [0, 0.05) is 18.0 Å². The minimum Gasteiger partial charge on any atom is -0.486 e. The van der Waals surface area contributed by atoms with Crippen LogP contribution >= 0.6 is 0 Å². The van der Waals surface area contributed by atoms with E-state index in [0.29, 0.717) is 23.7 Å². The minimum atomic E-state index is -0.105. The third-order valence-electron chi connectivity index (χ3n) is 2.14. The van der Waals surface area contributed by atoms with Crippen molar-refractivity contribution in [1.82, 2.24) is 9.38 Å². The summed E-state index contributed by atoms with van der Waals surface area (Å²) in [4.78, 5) is 16.0. The summed E-state index contributed by atoms with van der Waals surface area (Å²) < 4.78 is 6.90. The third kappa shape index (κ3) is 1.82. The molecule has 0 saturated carbocycles. The molecule has 2 rings (SSSR count). The number of hydrogen-bond donors (Lipinski definition) is 0. The predicted octanol–water partition coefficient (Wildman–Crippen LogP) is 1.57. The maximum absolute atomic E-state index is 11.7. The molecule has 0 atom stereocenters. The van der Waals surface area contributed by atoms with E-state index in [1.807, 2.05) is 0 Å². The highest BCUT2D eigenvalue weighted by Crippen LogP contribution is 2.15. The van der Waals surface area contributed by atoms with E-state index in [-0.39, 0.29) is 5.56 Å². The molecule has 0 spiro atoms. The average molecular weight is 216 g/mol. The van der Waals surface area contributed by atoms with Crippen molar-refractivity contribution in [2.75, 3.05) is 6.61 Å². The lowest BCUT2D eigenvalue weighted by molar-refractivity contribution is 0.365. The zero-order valence-corrected chi connectivity index (χ0v) is 9.01. The molecule has 0 aliphatic carbocycles. The van der Waals surface area contributed by atoms with E-state index in [0.717, 1.165) is 0 Å². The first-order valence-electron chi connectivity index (χ1n) is 4.95. The Morgan fingerprint density at radius 1 is 1.62 bits per heavy atom. The Balaban J connectivity index is 2.66. The van der Waals surface area contributed by atoms with Crippen LogP contribution in [0, 0.1) is 6.92 Å². The zero-order valence-electron chi connectivity index (χ0n) is 9.01. The summed E-state index contributed by atoms with van der Waals surface area (Å²) in [5, 5.41) is 0. The smallest absolute Gasteiger partial charge is 0.258 e. The van der Waals surface area contributed by atoms with Gasteiger partial charge in [0.15, 0.2) is 11.4 Å². The number of pyridine rings is 1. The first-order chi connectivity index (χ1) is 7.72. The molecule has 0 radical (unpaired) electrons. The molecule has 2 aromatic heterocycles. The summed E-state index contributed by atoms with van der Waals surface area (Å²) >= 11 is 0. The topological polar surface area (TPSA) is 43.6 Å². The van der Waals surface area contributed by atoms with Crippen molar-refractivity contribution in [2.45, 2.75) is 6.92 Å². The SMILES string of the molecule is C=CCOc1cccn2c(=O)cc(C)nc12. The van der Waals surface area contributed by atoms with E-state index < -0.39 is 0 Å². The molecule has 0 unspecified atom stereocenters. The predicted molar refractivity (Wildman–Crippen MR) is 61.9 cm³/mol. The number of aryl methyl sites for hydroxylation is 1. The summed E-state index contributed by atoms with van der Waals surface area (Å²) in [5.74, 6) is 0.586. The van der Waals surface area contributed by atoms with Crippen LogP contribution in [0.3, 0.4) is 0 Å². The third-order valence-corrected chi connectivity index (χ3v) is 2.14. The molecule has 4 heteroatoms. The molecule has 0 N–H and O–H groups in total. The summed E-state index contributed by atoms with van der Waals surface area (Å²) in [6.45, 7) is 5.75. The fraction of sp³-hybridized carbons (Fsp3) is 0.167. The second-order valence-electron chi connectivity index (χ2n) is 3.40. The van der Waals surface area contributed by atoms with Crippen LogP contribution in [0.1, 0.15) is 5.69 Å². The quantitative estimate of drug-likeness (QED) is 0.731. The minimum absolute atomic E-state index is 0.105. The molecular weight excluding hydrogens is 204 g/mol. The fourth-order valence-corrected chi connectivity index (χ4v) is 1.48. The zero-order chi connectivity index (χ0) is 11.5. The van der Waals surface area contributed by atoms with E-state index in [1.165, 1.54) is 10.5 Å². The van der Waals surface area contributed by atoms with Gasteiger partial charge in [-0.25, -0.2) is 4.98 Å². The number of rotatable bonds is 3. The van der Waals surface area contributed by atoms with Crippen molar-refractivity contribution in [3.8, 4) is 5.75 Å². The maximum atomic E-state index is 11.7. The van der Waals surface area contributed by atoms with Crippen LogP contribution < -0.4 is 10.3 Å². The van der Waals surface area contributed by atoms with Gasteiger partial charge in [-0.1, -0.05) is 12.7 Å². The van der Waals surface area contributed by atoms with Gasteiger partial charge in [0.2, 0.25) is 0 Å². The molecule has 16 heavy (non-hydrogen) atoms. The van der Waals surface area contributed by atoms with E-state index in [2.05, 4.69) is 11.6 Å². The molecule has 0 amide bonds. The monoisotopic (exact) mass is 216 g/mol. The molecule has 0 saturated heterocycles. The maximum Gasteiger partial charge on any atom is 0.258 e. The highest BCUT2D eigenvalue weighted by Gasteiger charge is 2.05. The average Bonchev–Trinajstić information content (AvgIpc) is 2.26. The number of nitrogens with zero attached hydrogens (tertiary/aromatic N) is 2. The Bertz CT molecular complexity index is 587. The molecule has 0 aromatic carbocycles. The van der Waals surface area contributed by atoms with Gasteiger partial charge in [-0.05, 0) is 19.1 Å². The Morgan fingerprint density at radius 3 is 3.19 bits per heavy atom.